The Kier molecular flexibility index (Phi) is 6.31. The van der Waals surface area contributed by atoms with E-state index in [1.807, 2.05) is 0 Å². The SMILES string of the molecule is CC(C)CC(CCO)CNS(C)(=O)=O. The van der Waals surface area contributed by atoms with Gasteiger partial charge < -0.3 is 5.11 Å². The van der Waals surface area contributed by atoms with Crippen molar-refractivity contribution in [3.05, 3.63) is 0 Å². The van der Waals surface area contributed by atoms with Crippen LogP contribution in [0.3, 0.4) is 0 Å². The van der Waals surface area contributed by atoms with Gasteiger partial charge in [-0.2, -0.15) is 0 Å². The summed E-state index contributed by atoms with van der Waals surface area (Å²) in [5.41, 5.74) is 0. The highest BCUT2D eigenvalue weighted by Crippen LogP contribution is 2.14. The number of aliphatic hydroxyl groups is 1. The van der Waals surface area contributed by atoms with Crippen molar-refractivity contribution in [3.8, 4) is 0 Å². The summed E-state index contributed by atoms with van der Waals surface area (Å²) in [6.07, 6.45) is 2.74. The molecule has 0 spiro atoms. The maximum atomic E-state index is 10.9. The second-order valence-corrected chi connectivity index (χ2v) is 5.96. The molecule has 0 rings (SSSR count). The average molecular weight is 223 g/mol. The molecule has 5 heteroatoms. The molecule has 2 N–H and O–H groups in total. The van der Waals surface area contributed by atoms with Gasteiger partial charge in [-0.25, -0.2) is 13.1 Å². The first-order chi connectivity index (χ1) is 6.35. The Morgan fingerprint density at radius 1 is 1.36 bits per heavy atom. The van der Waals surface area contributed by atoms with Crippen molar-refractivity contribution in [2.45, 2.75) is 26.7 Å². The standard InChI is InChI=1S/C9H21NO3S/c1-8(2)6-9(4-5-11)7-10-14(3,12)13/h8-11H,4-7H2,1-3H3. The van der Waals surface area contributed by atoms with Crippen LogP contribution in [0, 0.1) is 11.8 Å². The Bertz CT molecular complexity index is 236. The zero-order valence-corrected chi connectivity index (χ0v) is 9.97. The lowest BCUT2D eigenvalue weighted by Crippen LogP contribution is -2.29. The highest BCUT2D eigenvalue weighted by Gasteiger charge is 2.12. The highest BCUT2D eigenvalue weighted by molar-refractivity contribution is 7.88. The molecule has 0 saturated heterocycles. The molecule has 1 unspecified atom stereocenters. The summed E-state index contributed by atoms with van der Waals surface area (Å²) >= 11 is 0. The van der Waals surface area contributed by atoms with E-state index in [4.69, 9.17) is 5.11 Å². The molecule has 0 fully saturated rings. The largest absolute Gasteiger partial charge is 0.396 e. The van der Waals surface area contributed by atoms with Gasteiger partial charge in [0.1, 0.15) is 0 Å². The second kappa shape index (κ2) is 6.37. The van der Waals surface area contributed by atoms with Crippen LogP contribution in [0.25, 0.3) is 0 Å². The van der Waals surface area contributed by atoms with Crippen LogP contribution in [0.15, 0.2) is 0 Å². The minimum absolute atomic E-state index is 0.114. The lowest BCUT2D eigenvalue weighted by Gasteiger charge is -2.17. The molecule has 0 aromatic rings. The summed E-state index contributed by atoms with van der Waals surface area (Å²) in [6, 6.07) is 0. The van der Waals surface area contributed by atoms with Crippen molar-refractivity contribution >= 4 is 10.0 Å². The second-order valence-electron chi connectivity index (χ2n) is 4.13. The molecule has 0 heterocycles. The first kappa shape index (κ1) is 13.9. The molecular weight excluding hydrogens is 202 g/mol. The molecule has 0 amide bonds. The molecule has 0 bridgehead atoms. The van der Waals surface area contributed by atoms with Crippen LogP contribution in [0.4, 0.5) is 0 Å². The van der Waals surface area contributed by atoms with Crippen LogP contribution >= 0.6 is 0 Å². The predicted molar refractivity (Wildman–Crippen MR) is 57.5 cm³/mol. The Balaban J connectivity index is 3.96. The van der Waals surface area contributed by atoms with Crippen LogP contribution in [0.5, 0.6) is 0 Å². The maximum Gasteiger partial charge on any atom is 0.208 e. The summed E-state index contributed by atoms with van der Waals surface area (Å²) in [5, 5.41) is 8.80. The van der Waals surface area contributed by atoms with Gasteiger partial charge in [0, 0.05) is 13.2 Å². The number of hydrogen-bond acceptors (Lipinski definition) is 3. The van der Waals surface area contributed by atoms with E-state index in [0.29, 0.717) is 18.9 Å². The van der Waals surface area contributed by atoms with Gasteiger partial charge in [-0.3, -0.25) is 0 Å². The van der Waals surface area contributed by atoms with Gasteiger partial charge in [0.05, 0.1) is 6.26 Å². The summed E-state index contributed by atoms with van der Waals surface area (Å²) < 4.78 is 24.2. The number of rotatable bonds is 7. The predicted octanol–water partition coefficient (Wildman–Crippen LogP) is 0.580. The normalized spacial score (nSPS) is 14.6. The molecule has 4 nitrogen and oxygen atoms in total. The average Bonchev–Trinajstić information content (AvgIpc) is 1.98. The fraction of sp³-hybridized carbons (Fsp3) is 1.00. The molecule has 0 aliphatic heterocycles. The van der Waals surface area contributed by atoms with Gasteiger partial charge in [-0.05, 0) is 24.7 Å². The van der Waals surface area contributed by atoms with E-state index in [1.165, 1.54) is 0 Å². The van der Waals surface area contributed by atoms with Crippen molar-refractivity contribution in [1.82, 2.24) is 4.72 Å². The topological polar surface area (TPSA) is 66.4 Å². The van der Waals surface area contributed by atoms with E-state index in [2.05, 4.69) is 18.6 Å². The van der Waals surface area contributed by atoms with Crippen molar-refractivity contribution in [2.24, 2.45) is 11.8 Å². The van der Waals surface area contributed by atoms with Crippen LogP contribution < -0.4 is 4.72 Å². The van der Waals surface area contributed by atoms with Crippen molar-refractivity contribution in [1.29, 1.82) is 0 Å². The Labute approximate surface area is 86.8 Å². The lowest BCUT2D eigenvalue weighted by molar-refractivity contribution is 0.243. The minimum atomic E-state index is -3.10. The molecule has 0 aliphatic rings. The molecule has 14 heavy (non-hydrogen) atoms. The van der Waals surface area contributed by atoms with Gasteiger partial charge in [-0.1, -0.05) is 13.8 Å². The Morgan fingerprint density at radius 2 is 1.93 bits per heavy atom. The van der Waals surface area contributed by atoms with Gasteiger partial charge in [0.15, 0.2) is 0 Å². The quantitative estimate of drug-likeness (QED) is 0.663. The molecular formula is C9H21NO3S. The maximum absolute atomic E-state index is 10.9. The van der Waals surface area contributed by atoms with Crippen LogP contribution in [-0.4, -0.2) is 32.9 Å². The summed E-state index contributed by atoms with van der Waals surface area (Å²) in [6.45, 7) is 4.72. The number of aliphatic hydroxyl groups excluding tert-OH is 1. The third-order valence-electron chi connectivity index (χ3n) is 1.98. The van der Waals surface area contributed by atoms with Crippen LogP contribution in [0.2, 0.25) is 0 Å². The van der Waals surface area contributed by atoms with E-state index < -0.39 is 10.0 Å². The first-order valence-corrected chi connectivity index (χ1v) is 6.79. The molecule has 0 radical (unpaired) electrons. The van der Waals surface area contributed by atoms with Gasteiger partial charge in [-0.15, -0.1) is 0 Å². The Morgan fingerprint density at radius 3 is 2.29 bits per heavy atom. The van der Waals surface area contributed by atoms with Crippen molar-refractivity contribution in [3.63, 3.8) is 0 Å². The summed E-state index contributed by atoms with van der Waals surface area (Å²) in [4.78, 5) is 0. The molecule has 1 atom stereocenters. The van der Waals surface area contributed by atoms with Crippen LogP contribution in [0.1, 0.15) is 26.7 Å². The monoisotopic (exact) mass is 223 g/mol. The molecule has 0 aromatic heterocycles. The fourth-order valence-corrected chi connectivity index (χ4v) is 1.96. The molecule has 0 aliphatic carbocycles. The van der Waals surface area contributed by atoms with Crippen LogP contribution in [-0.2, 0) is 10.0 Å². The smallest absolute Gasteiger partial charge is 0.208 e. The fourth-order valence-electron chi connectivity index (χ4n) is 1.42. The lowest BCUT2D eigenvalue weighted by atomic mass is 9.95. The number of hydrogen-bond donors (Lipinski definition) is 2. The third-order valence-corrected chi connectivity index (χ3v) is 2.67. The van der Waals surface area contributed by atoms with Crippen molar-refractivity contribution < 1.29 is 13.5 Å². The zero-order valence-electron chi connectivity index (χ0n) is 9.16. The third kappa shape index (κ3) is 8.47. The Hall–Kier alpha value is -0.130. The van der Waals surface area contributed by atoms with E-state index in [0.717, 1.165) is 12.7 Å². The minimum Gasteiger partial charge on any atom is -0.396 e. The molecule has 86 valence electrons. The summed E-state index contributed by atoms with van der Waals surface area (Å²) in [5.74, 6) is 0.752. The van der Waals surface area contributed by atoms with Gasteiger partial charge >= 0.3 is 0 Å². The highest BCUT2D eigenvalue weighted by atomic mass is 32.2. The number of sulfonamides is 1. The van der Waals surface area contributed by atoms with E-state index >= 15 is 0 Å². The van der Waals surface area contributed by atoms with Crippen molar-refractivity contribution in [2.75, 3.05) is 19.4 Å². The summed E-state index contributed by atoms with van der Waals surface area (Å²) in [7, 11) is -3.10. The number of nitrogens with one attached hydrogen (secondary N) is 1. The molecule has 0 saturated carbocycles. The van der Waals surface area contributed by atoms with Gasteiger partial charge in [0.2, 0.25) is 10.0 Å². The van der Waals surface area contributed by atoms with E-state index in [1.54, 1.807) is 0 Å². The zero-order chi connectivity index (χ0) is 11.2. The van der Waals surface area contributed by atoms with Gasteiger partial charge in [0.25, 0.3) is 0 Å². The molecule has 0 aromatic carbocycles. The van der Waals surface area contributed by atoms with E-state index in [-0.39, 0.29) is 12.5 Å². The van der Waals surface area contributed by atoms with E-state index in [9.17, 15) is 8.42 Å². The first-order valence-electron chi connectivity index (χ1n) is 4.90.